The van der Waals surface area contributed by atoms with Gasteiger partial charge in [0.05, 0.1) is 6.10 Å². The average Bonchev–Trinajstić information content (AvgIpc) is 2.49. The van der Waals surface area contributed by atoms with Crippen molar-refractivity contribution in [1.29, 1.82) is 0 Å². The maximum absolute atomic E-state index is 6.15. The van der Waals surface area contributed by atoms with Crippen LogP contribution in [-0.4, -0.2) is 12.4 Å². The van der Waals surface area contributed by atoms with Crippen LogP contribution < -0.4 is 4.74 Å². The minimum absolute atomic E-state index is 0.113. The van der Waals surface area contributed by atoms with Crippen molar-refractivity contribution in [2.24, 2.45) is 0 Å². The Morgan fingerprint density at radius 3 is 2.50 bits per heavy atom. The molecule has 2 heteroatoms. The Morgan fingerprint density at radius 2 is 1.90 bits per heavy atom. The summed E-state index contributed by atoms with van der Waals surface area (Å²) in [6.45, 7) is 5.93. The van der Waals surface area contributed by atoms with Gasteiger partial charge in [0.15, 0.2) is 6.29 Å². The van der Waals surface area contributed by atoms with Crippen LogP contribution >= 0.6 is 0 Å². The van der Waals surface area contributed by atoms with E-state index in [1.165, 1.54) is 32.1 Å². The van der Waals surface area contributed by atoms with E-state index in [0.717, 1.165) is 24.2 Å². The predicted molar refractivity (Wildman–Crippen MR) is 83.8 cm³/mol. The summed E-state index contributed by atoms with van der Waals surface area (Å²) in [5.41, 5.74) is 1.11. The molecule has 1 atom stereocenters. The van der Waals surface area contributed by atoms with Gasteiger partial charge in [-0.15, -0.1) is 0 Å². The number of hydrogen-bond acceptors (Lipinski definition) is 2. The highest BCUT2D eigenvalue weighted by molar-refractivity contribution is 5.48. The fourth-order valence-corrected chi connectivity index (χ4v) is 2.64. The van der Waals surface area contributed by atoms with Gasteiger partial charge >= 0.3 is 0 Å². The van der Waals surface area contributed by atoms with E-state index in [2.05, 4.69) is 13.5 Å². The van der Waals surface area contributed by atoms with Crippen molar-refractivity contribution < 1.29 is 9.47 Å². The minimum atomic E-state index is -0.113. The van der Waals surface area contributed by atoms with Crippen LogP contribution in [0.15, 0.2) is 30.8 Å². The maximum atomic E-state index is 6.15. The molecule has 0 aliphatic heterocycles. The Hall–Kier alpha value is -1.28. The van der Waals surface area contributed by atoms with Crippen molar-refractivity contribution in [3.8, 4) is 5.75 Å². The Bertz CT molecular complexity index is 390. The molecule has 0 saturated heterocycles. The molecule has 0 amide bonds. The molecule has 0 heterocycles. The lowest BCUT2D eigenvalue weighted by atomic mass is 9.98. The quantitative estimate of drug-likeness (QED) is 0.637. The highest BCUT2D eigenvalue weighted by Crippen LogP contribution is 2.24. The smallest absolute Gasteiger partial charge is 0.200 e. The molecule has 20 heavy (non-hydrogen) atoms. The van der Waals surface area contributed by atoms with Gasteiger partial charge in [0.2, 0.25) is 0 Å². The SMILES string of the molecule is C=Cc1ccc(OC(CCC)OC2CCCCC2)cc1. The molecular formula is C18H26O2. The average molecular weight is 274 g/mol. The number of hydrogen-bond donors (Lipinski definition) is 0. The summed E-state index contributed by atoms with van der Waals surface area (Å²) in [5, 5.41) is 0. The first-order valence-electron chi connectivity index (χ1n) is 7.86. The van der Waals surface area contributed by atoms with Crippen molar-refractivity contribution in [1.82, 2.24) is 0 Å². The van der Waals surface area contributed by atoms with E-state index in [1.54, 1.807) is 0 Å². The first-order valence-corrected chi connectivity index (χ1v) is 7.86. The third-order valence-electron chi connectivity index (χ3n) is 3.80. The first-order chi connectivity index (χ1) is 9.81. The van der Waals surface area contributed by atoms with E-state index in [-0.39, 0.29) is 6.29 Å². The van der Waals surface area contributed by atoms with Crippen LogP contribution in [0.5, 0.6) is 5.75 Å². The van der Waals surface area contributed by atoms with E-state index in [1.807, 2.05) is 30.3 Å². The maximum Gasteiger partial charge on any atom is 0.200 e. The van der Waals surface area contributed by atoms with Gasteiger partial charge < -0.3 is 9.47 Å². The van der Waals surface area contributed by atoms with Gasteiger partial charge in [0.25, 0.3) is 0 Å². The number of rotatable bonds is 7. The molecular weight excluding hydrogens is 248 g/mol. The van der Waals surface area contributed by atoms with Gasteiger partial charge in [-0.3, -0.25) is 0 Å². The van der Waals surface area contributed by atoms with Gasteiger partial charge in [-0.1, -0.05) is 57.4 Å². The summed E-state index contributed by atoms with van der Waals surface area (Å²) in [6.07, 6.45) is 10.4. The zero-order valence-corrected chi connectivity index (χ0v) is 12.5. The van der Waals surface area contributed by atoms with Gasteiger partial charge in [0.1, 0.15) is 5.75 Å². The van der Waals surface area contributed by atoms with E-state index >= 15 is 0 Å². The Balaban J connectivity index is 1.91. The molecule has 110 valence electrons. The molecule has 1 aromatic carbocycles. The summed E-state index contributed by atoms with van der Waals surface area (Å²) in [6, 6.07) is 8.02. The lowest BCUT2D eigenvalue weighted by Gasteiger charge is -2.27. The molecule has 0 bridgehead atoms. The monoisotopic (exact) mass is 274 g/mol. The lowest BCUT2D eigenvalue weighted by molar-refractivity contribution is -0.131. The molecule has 1 aliphatic carbocycles. The zero-order valence-electron chi connectivity index (χ0n) is 12.5. The molecule has 0 aromatic heterocycles. The van der Waals surface area contributed by atoms with Crippen LogP contribution in [0.4, 0.5) is 0 Å². The minimum Gasteiger partial charge on any atom is -0.465 e. The summed E-state index contributed by atoms with van der Waals surface area (Å²) in [4.78, 5) is 0. The van der Waals surface area contributed by atoms with E-state index in [4.69, 9.17) is 9.47 Å². The Labute approximate surface area is 122 Å². The third kappa shape index (κ3) is 4.68. The van der Waals surface area contributed by atoms with Gasteiger partial charge in [0, 0.05) is 6.42 Å². The second kappa shape index (κ2) is 8.11. The summed E-state index contributed by atoms with van der Waals surface area (Å²) < 4.78 is 12.2. The summed E-state index contributed by atoms with van der Waals surface area (Å²) in [5.74, 6) is 0.879. The van der Waals surface area contributed by atoms with Crippen molar-refractivity contribution in [3.63, 3.8) is 0 Å². The molecule has 1 aliphatic rings. The van der Waals surface area contributed by atoms with Crippen molar-refractivity contribution in [2.45, 2.75) is 64.3 Å². The van der Waals surface area contributed by atoms with Crippen LogP contribution in [0, 0.1) is 0 Å². The van der Waals surface area contributed by atoms with Gasteiger partial charge in [-0.25, -0.2) is 0 Å². The van der Waals surface area contributed by atoms with Crippen LogP contribution in [0.2, 0.25) is 0 Å². The zero-order chi connectivity index (χ0) is 14.2. The van der Waals surface area contributed by atoms with Crippen LogP contribution in [0.25, 0.3) is 6.08 Å². The van der Waals surface area contributed by atoms with Crippen LogP contribution in [-0.2, 0) is 4.74 Å². The predicted octanol–water partition coefficient (Wildman–Crippen LogP) is 5.18. The fraction of sp³-hybridized carbons (Fsp3) is 0.556. The molecule has 1 saturated carbocycles. The summed E-state index contributed by atoms with van der Waals surface area (Å²) in [7, 11) is 0. The molecule has 0 N–H and O–H groups in total. The number of benzene rings is 1. The fourth-order valence-electron chi connectivity index (χ4n) is 2.64. The first kappa shape index (κ1) is 15.1. The molecule has 2 nitrogen and oxygen atoms in total. The topological polar surface area (TPSA) is 18.5 Å². The molecule has 0 radical (unpaired) electrons. The normalized spacial score (nSPS) is 17.6. The molecule has 1 unspecified atom stereocenters. The second-order valence-corrected chi connectivity index (χ2v) is 5.51. The standard InChI is InChI=1S/C18H26O2/c1-3-8-18(19-16-9-6-5-7-10-16)20-17-13-11-15(4-2)12-14-17/h4,11-14,16,18H,2-3,5-10H2,1H3. The van der Waals surface area contributed by atoms with E-state index in [0.29, 0.717) is 6.10 Å². The lowest BCUT2D eigenvalue weighted by Crippen LogP contribution is -2.28. The van der Waals surface area contributed by atoms with Crippen molar-refractivity contribution in [3.05, 3.63) is 36.4 Å². The highest BCUT2D eigenvalue weighted by atomic mass is 16.7. The Kier molecular flexibility index (Phi) is 6.13. The molecule has 1 aromatic rings. The molecule has 0 spiro atoms. The second-order valence-electron chi connectivity index (χ2n) is 5.51. The Morgan fingerprint density at radius 1 is 1.20 bits per heavy atom. The molecule has 1 fully saturated rings. The largest absolute Gasteiger partial charge is 0.465 e. The molecule has 2 rings (SSSR count). The van der Waals surface area contributed by atoms with Gasteiger partial charge in [-0.05, 0) is 30.5 Å². The van der Waals surface area contributed by atoms with Crippen molar-refractivity contribution in [2.75, 3.05) is 0 Å². The number of ether oxygens (including phenoxy) is 2. The van der Waals surface area contributed by atoms with Crippen LogP contribution in [0.1, 0.15) is 57.4 Å². The highest BCUT2D eigenvalue weighted by Gasteiger charge is 2.19. The third-order valence-corrected chi connectivity index (χ3v) is 3.80. The van der Waals surface area contributed by atoms with Crippen molar-refractivity contribution >= 4 is 6.08 Å². The van der Waals surface area contributed by atoms with Gasteiger partial charge in [-0.2, -0.15) is 0 Å². The van der Waals surface area contributed by atoms with Crippen LogP contribution in [0.3, 0.4) is 0 Å². The van der Waals surface area contributed by atoms with E-state index < -0.39 is 0 Å². The summed E-state index contributed by atoms with van der Waals surface area (Å²) >= 11 is 0. The van der Waals surface area contributed by atoms with E-state index in [9.17, 15) is 0 Å².